The number of ether oxygens (including phenoxy) is 4. The molecule has 370 valence electrons. The molecule has 0 bridgehead atoms. The number of carboxylic acid groups (broad SMARTS) is 1. The number of carboxylic acids is 1. The average molecular weight is 908 g/mol. The summed E-state index contributed by atoms with van der Waals surface area (Å²) in [7, 11) is 5.89. The Hall–Kier alpha value is -3.79. The van der Waals surface area contributed by atoms with Gasteiger partial charge in [-0.05, 0) is 89.9 Å². The van der Waals surface area contributed by atoms with Crippen molar-refractivity contribution in [2.24, 2.45) is 0 Å². The fourth-order valence-electron chi connectivity index (χ4n) is 6.46. The third-order valence-electron chi connectivity index (χ3n) is 10.3. The molecule has 0 amide bonds. The van der Waals surface area contributed by atoms with Gasteiger partial charge in [-0.3, -0.25) is 9.59 Å². The monoisotopic (exact) mass is 908 g/mol. The van der Waals surface area contributed by atoms with Gasteiger partial charge in [-0.25, -0.2) is 0 Å². The second kappa shape index (κ2) is 46.7. The summed E-state index contributed by atoms with van der Waals surface area (Å²) in [6.07, 6.45) is 58.8. The molecule has 9 heteroatoms. The van der Waals surface area contributed by atoms with Crippen molar-refractivity contribution >= 4 is 17.9 Å². The summed E-state index contributed by atoms with van der Waals surface area (Å²) in [4.78, 5) is 37.1. The van der Waals surface area contributed by atoms with Crippen molar-refractivity contribution in [2.45, 2.75) is 193 Å². The maximum atomic E-state index is 12.8. The van der Waals surface area contributed by atoms with E-state index in [1.54, 1.807) is 0 Å². The van der Waals surface area contributed by atoms with Crippen LogP contribution in [0.15, 0.2) is 97.2 Å². The van der Waals surface area contributed by atoms with Gasteiger partial charge in [0.15, 0.2) is 12.4 Å². The molecule has 0 N–H and O–H groups in total. The van der Waals surface area contributed by atoms with Crippen LogP contribution in [0.3, 0.4) is 0 Å². The van der Waals surface area contributed by atoms with Crippen LogP contribution in [0.4, 0.5) is 0 Å². The Kier molecular flexibility index (Phi) is 44.0. The summed E-state index contributed by atoms with van der Waals surface area (Å²) >= 11 is 0. The predicted molar refractivity (Wildman–Crippen MR) is 269 cm³/mol. The zero-order valence-corrected chi connectivity index (χ0v) is 41.8. The molecule has 0 aromatic carbocycles. The zero-order chi connectivity index (χ0) is 47.7. The highest BCUT2D eigenvalue weighted by atomic mass is 16.7. The second-order valence-corrected chi connectivity index (χ2v) is 17.7. The molecule has 2 atom stereocenters. The van der Waals surface area contributed by atoms with E-state index in [1.807, 2.05) is 21.1 Å². The van der Waals surface area contributed by atoms with Gasteiger partial charge < -0.3 is 33.3 Å². The Balaban J connectivity index is 4.36. The third-order valence-corrected chi connectivity index (χ3v) is 10.3. The molecule has 0 saturated carbocycles. The van der Waals surface area contributed by atoms with E-state index in [0.29, 0.717) is 23.9 Å². The van der Waals surface area contributed by atoms with Crippen LogP contribution in [0.2, 0.25) is 0 Å². The van der Waals surface area contributed by atoms with Crippen molar-refractivity contribution in [3.05, 3.63) is 97.2 Å². The number of carbonyl (C=O) groups excluding carboxylic acids is 3. The molecule has 0 fully saturated rings. The molecule has 0 spiro atoms. The van der Waals surface area contributed by atoms with Gasteiger partial charge in [0, 0.05) is 12.8 Å². The molecule has 0 rings (SSSR count). The summed E-state index contributed by atoms with van der Waals surface area (Å²) in [6.45, 7) is 4.45. The maximum Gasteiger partial charge on any atom is 0.306 e. The molecular weight excluding hydrogens is 815 g/mol. The van der Waals surface area contributed by atoms with Crippen LogP contribution in [0.25, 0.3) is 0 Å². The highest BCUT2D eigenvalue weighted by molar-refractivity contribution is 5.70. The van der Waals surface area contributed by atoms with Gasteiger partial charge in [0.05, 0.1) is 40.3 Å². The van der Waals surface area contributed by atoms with Gasteiger partial charge in [0.1, 0.15) is 13.2 Å². The lowest BCUT2D eigenvalue weighted by molar-refractivity contribution is -0.870. The first-order valence-electron chi connectivity index (χ1n) is 25.4. The number of esters is 2. The average Bonchev–Trinajstić information content (AvgIpc) is 3.27. The first-order valence-corrected chi connectivity index (χ1v) is 25.4. The maximum absolute atomic E-state index is 12.8. The SMILES string of the molecule is CC/C=C\C/C=C\C/C=C\C/C=C\CCCCCCCCCCCCCCC(=O)OC(COC(=O)CCCC/C=C\C/C=C\C/C=C\C/C=C\CC)COC(OCC[N+](C)(C)C)C(=O)[O-]. The van der Waals surface area contributed by atoms with Crippen molar-refractivity contribution in [3.63, 3.8) is 0 Å². The Morgan fingerprint density at radius 1 is 0.462 bits per heavy atom. The van der Waals surface area contributed by atoms with E-state index >= 15 is 0 Å². The summed E-state index contributed by atoms with van der Waals surface area (Å²) < 4.78 is 22.6. The molecule has 65 heavy (non-hydrogen) atoms. The van der Waals surface area contributed by atoms with Crippen molar-refractivity contribution in [2.75, 3.05) is 47.5 Å². The lowest BCUT2D eigenvalue weighted by Gasteiger charge is -2.26. The standard InChI is InChI=1S/C56H93NO8/c1-6-8-10-12-14-16-18-20-22-23-24-25-26-27-28-29-30-31-33-35-37-39-41-43-45-47-54(59)65-52(51-64-56(55(60)61)62-49-48-57(3,4)5)50-63-53(58)46-44-42-40-38-36-34-32-21-19-17-15-13-11-9-7-2/h8-11,14-17,20-22,24-25,32,36,38,52,56H,6-7,12-13,18-19,23,26-31,33-35,37,39-51H2,1-5H3/b10-8-,11-9-,16-14-,17-15-,22-20-,25-24-,32-21-,38-36-. The van der Waals surface area contributed by atoms with Crippen LogP contribution in [0.5, 0.6) is 0 Å². The van der Waals surface area contributed by atoms with E-state index in [9.17, 15) is 19.5 Å². The largest absolute Gasteiger partial charge is 0.545 e. The Labute approximate surface area is 397 Å². The smallest absolute Gasteiger partial charge is 0.306 e. The number of aliphatic carboxylic acids is 1. The van der Waals surface area contributed by atoms with Crippen LogP contribution in [-0.4, -0.2) is 82.3 Å². The van der Waals surface area contributed by atoms with Gasteiger partial charge >= 0.3 is 11.9 Å². The minimum absolute atomic E-state index is 0.136. The van der Waals surface area contributed by atoms with Crippen molar-refractivity contribution in [1.29, 1.82) is 0 Å². The van der Waals surface area contributed by atoms with Gasteiger partial charge in [0.2, 0.25) is 0 Å². The van der Waals surface area contributed by atoms with E-state index in [4.69, 9.17) is 18.9 Å². The first kappa shape index (κ1) is 61.2. The van der Waals surface area contributed by atoms with E-state index in [1.165, 1.54) is 57.8 Å². The fraction of sp³-hybridized carbons (Fsp3) is 0.661. The van der Waals surface area contributed by atoms with Gasteiger partial charge in [-0.15, -0.1) is 0 Å². The lowest BCUT2D eigenvalue weighted by Crippen LogP contribution is -2.44. The van der Waals surface area contributed by atoms with Crippen LogP contribution in [0, 0.1) is 0 Å². The van der Waals surface area contributed by atoms with Gasteiger partial charge in [-0.2, -0.15) is 0 Å². The molecule has 9 nitrogen and oxygen atoms in total. The topological polar surface area (TPSA) is 111 Å². The van der Waals surface area contributed by atoms with E-state index < -0.39 is 30.3 Å². The number of unbranched alkanes of at least 4 members (excludes halogenated alkanes) is 14. The summed E-state index contributed by atoms with van der Waals surface area (Å²) in [5.41, 5.74) is 0. The van der Waals surface area contributed by atoms with Crippen molar-refractivity contribution in [1.82, 2.24) is 0 Å². The number of nitrogens with zero attached hydrogens (tertiary/aromatic N) is 1. The van der Waals surface area contributed by atoms with Crippen LogP contribution < -0.4 is 5.11 Å². The van der Waals surface area contributed by atoms with Crippen LogP contribution >= 0.6 is 0 Å². The van der Waals surface area contributed by atoms with E-state index in [0.717, 1.165) is 83.5 Å². The minimum Gasteiger partial charge on any atom is -0.545 e. The number of allylic oxidation sites excluding steroid dienone is 16. The number of hydrogen-bond donors (Lipinski definition) is 0. The van der Waals surface area contributed by atoms with E-state index in [2.05, 4.69) is 111 Å². The quantitative estimate of drug-likeness (QED) is 0.0195. The Morgan fingerprint density at radius 3 is 1.26 bits per heavy atom. The molecule has 0 saturated heterocycles. The first-order chi connectivity index (χ1) is 31.6. The normalized spacial score (nSPS) is 13.7. The summed E-state index contributed by atoms with van der Waals surface area (Å²) in [5, 5.41) is 11.7. The highest BCUT2D eigenvalue weighted by Crippen LogP contribution is 2.14. The number of likely N-dealkylation sites (N-methyl/N-ethyl adjacent to an activating group) is 1. The Morgan fingerprint density at radius 2 is 0.831 bits per heavy atom. The van der Waals surface area contributed by atoms with Crippen molar-refractivity contribution in [3.8, 4) is 0 Å². The number of rotatable bonds is 45. The number of hydrogen-bond acceptors (Lipinski definition) is 8. The fourth-order valence-corrected chi connectivity index (χ4v) is 6.46. The second-order valence-electron chi connectivity index (χ2n) is 17.7. The van der Waals surface area contributed by atoms with Crippen LogP contribution in [0.1, 0.15) is 181 Å². The molecule has 0 aromatic heterocycles. The van der Waals surface area contributed by atoms with Crippen molar-refractivity contribution < 1.29 is 42.9 Å². The predicted octanol–water partition coefficient (Wildman–Crippen LogP) is 12.9. The van der Waals surface area contributed by atoms with Crippen LogP contribution in [-0.2, 0) is 33.3 Å². The van der Waals surface area contributed by atoms with Gasteiger partial charge in [-0.1, -0.05) is 175 Å². The molecule has 0 aliphatic carbocycles. The highest BCUT2D eigenvalue weighted by Gasteiger charge is 2.21. The summed E-state index contributed by atoms with van der Waals surface area (Å²) in [6, 6.07) is 0. The Bertz CT molecular complexity index is 1380. The number of carbonyl (C=O) groups is 3. The molecule has 0 radical (unpaired) electrons. The molecule has 0 heterocycles. The molecule has 0 aliphatic rings. The number of quaternary nitrogens is 1. The lowest BCUT2D eigenvalue weighted by atomic mass is 10.0. The molecule has 0 aromatic rings. The molecule has 0 aliphatic heterocycles. The van der Waals surface area contributed by atoms with Gasteiger partial charge in [0.25, 0.3) is 0 Å². The molecular formula is C56H93NO8. The third kappa shape index (κ3) is 48.0. The minimum atomic E-state index is -1.64. The van der Waals surface area contributed by atoms with E-state index in [-0.39, 0.29) is 32.7 Å². The zero-order valence-electron chi connectivity index (χ0n) is 41.8. The summed E-state index contributed by atoms with van der Waals surface area (Å²) in [5.74, 6) is -2.35. The molecule has 2 unspecified atom stereocenters.